The van der Waals surface area contributed by atoms with Gasteiger partial charge in [-0.15, -0.1) is 0 Å². The molecule has 29 heavy (non-hydrogen) atoms. The van der Waals surface area contributed by atoms with Gasteiger partial charge in [-0.1, -0.05) is 0 Å². The van der Waals surface area contributed by atoms with Crippen LogP contribution in [0.5, 0.6) is 5.75 Å². The van der Waals surface area contributed by atoms with Crippen LogP contribution in [0.2, 0.25) is 0 Å². The van der Waals surface area contributed by atoms with Gasteiger partial charge in [0.1, 0.15) is 5.75 Å². The third-order valence-electron chi connectivity index (χ3n) is 4.80. The molecule has 2 aromatic heterocycles. The summed E-state index contributed by atoms with van der Waals surface area (Å²) >= 11 is 0. The average Bonchev–Trinajstić information content (AvgIpc) is 3.37. The predicted octanol–water partition coefficient (Wildman–Crippen LogP) is 4.18. The molecule has 4 rings (SSSR count). The number of nitrogens with one attached hydrogen (secondary N) is 2. The fraction of sp³-hybridized carbons (Fsp3) is 0.136. The molecule has 0 spiro atoms. The van der Waals surface area contributed by atoms with Gasteiger partial charge in [0.05, 0.1) is 35.6 Å². The first-order valence-corrected chi connectivity index (χ1v) is 9.17. The molecule has 0 atom stereocenters. The second-order valence-electron chi connectivity index (χ2n) is 6.51. The number of hydrogen-bond donors (Lipinski definition) is 2. The van der Waals surface area contributed by atoms with E-state index in [1.807, 2.05) is 24.3 Å². The van der Waals surface area contributed by atoms with Gasteiger partial charge in [0.2, 0.25) is 0 Å². The Morgan fingerprint density at radius 2 is 2.00 bits per heavy atom. The van der Waals surface area contributed by atoms with Crippen LogP contribution >= 0.6 is 0 Å². The van der Waals surface area contributed by atoms with Crippen LogP contribution < -0.4 is 10.1 Å². The molecule has 144 valence electrons. The normalized spacial score (nSPS) is 10.7. The van der Waals surface area contributed by atoms with Crippen molar-refractivity contribution in [2.75, 3.05) is 12.4 Å². The fourth-order valence-corrected chi connectivity index (χ4v) is 3.33. The highest BCUT2D eigenvalue weighted by molar-refractivity contribution is 6.04. The molecule has 0 aliphatic rings. The van der Waals surface area contributed by atoms with Crippen molar-refractivity contribution in [1.82, 2.24) is 14.8 Å². The third kappa shape index (κ3) is 3.44. The summed E-state index contributed by atoms with van der Waals surface area (Å²) in [5.74, 6) is 0.949. The summed E-state index contributed by atoms with van der Waals surface area (Å²) in [4.78, 5) is 12.4. The number of fused-ring (bicyclic) bond motifs is 1. The zero-order valence-electron chi connectivity index (χ0n) is 16.1. The van der Waals surface area contributed by atoms with Gasteiger partial charge in [-0.2, -0.15) is 10.4 Å². The Kier molecular flexibility index (Phi) is 4.75. The van der Waals surface area contributed by atoms with Crippen LogP contribution in [-0.4, -0.2) is 27.8 Å². The van der Waals surface area contributed by atoms with Crippen molar-refractivity contribution in [1.29, 1.82) is 5.26 Å². The molecule has 2 heterocycles. The number of hydrogen-bond acceptors (Lipinski definition) is 4. The number of aromatic nitrogens is 3. The van der Waals surface area contributed by atoms with Gasteiger partial charge in [-0.05, 0) is 49.4 Å². The summed E-state index contributed by atoms with van der Waals surface area (Å²) in [6.45, 7) is 2.85. The molecule has 0 radical (unpaired) electrons. The summed E-state index contributed by atoms with van der Waals surface area (Å²) in [6, 6.07) is 18.3. The number of carbonyl (C=O) groups excluding carboxylic acids is 1. The van der Waals surface area contributed by atoms with E-state index in [2.05, 4.69) is 33.1 Å². The van der Waals surface area contributed by atoms with Crippen molar-refractivity contribution in [3.05, 3.63) is 65.7 Å². The van der Waals surface area contributed by atoms with E-state index in [4.69, 9.17) is 10.00 Å². The molecule has 0 unspecified atom stereocenters. The van der Waals surface area contributed by atoms with E-state index in [-0.39, 0.29) is 5.91 Å². The van der Waals surface area contributed by atoms with Crippen molar-refractivity contribution in [3.63, 3.8) is 0 Å². The molecule has 0 saturated carbocycles. The molecular weight excluding hydrogens is 366 g/mol. The SMILES string of the molecule is CCn1c(-c2cc(NC(=O)c3ccc(C#N)cc3)n[nH]2)cc2ccc(OC)cc21. The number of nitrogens with zero attached hydrogens (tertiary/aromatic N) is 3. The molecule has 1 amide bonds. The van der Waals surface area contributed by atoms with Crippen LogP contribution in [-0.2, 0) is 6.54 Å². The molecular formula is C22H19N5O2. The lowest BCUT2D eigenvalue weighted by molar-refractivity contribution is 0.102. The zero-order valence-corrected chi connectivity index (χ0v) is 16.1. The van der Waals surface area contributed by atoms with E-state index in [1.165, 1.54) is 0 Å². The lowest BCUT2D eigenvalue weighted by atomic mass is 10.1. The molecule has 0 fully saturated rings. The maximum atomic E-state index is 12.4. The highest BCUT2D eigenvalue weighted by Crippen LogP contribution is 2.30. The van der Waals surface area contributed by atoms with Crippen LogP contribution in [0.25, 0.3) is 22.3 Å². The van der Waals surface area contributed by atoms with Crippen LogP contribution in [0.3, 0.4) is 0 Å². The van der Waals surface area contributed by atoms with Gasteiger partial charge >= 0.3 is 0 Å². The zero-order chi connectivity index (χ0) is 20.4. The number of amides is 1. The molecule has 0 saturated heterocycles. The molecule has 0 bridgehead atoms. The molecule has 2 N–H and O–H groups in total. The average molecular weight is 385 g/mol. The number of H-pyrrole nitrogens is 1. The smallest absolute Gasteiger partial charge is 0.256 e. The Balaban J connectivity index is 1.61. The number of benzene rings is 2. The van der Waals surface area contributed by atoms with Crippen molar-refractivity contribution in [2.45, 2.75) is 13.5 Å². The van der Waals surface area contributed by atoms with E-state index in [1.54, 1.807) is 37.4 Å². The minimum atomic E-state index is -0.284. The maximum absolute atomic E-state index is 12.4. The summed E-state index contributed by atoms with van der Waals surface area (Å²) in [6.07, 6.45) is 0. The first-order chi connectivity index (χ1) is 14.1. The number of methoxy groups -OCH3 is 1. The molecule has 0 aliphatic heterocycles. The van der Waals surface area contributed by atoms with E-state index in [0.717, 1.165) is 34.6 Å². The number of carbonyl (C=O) groups is 1. The lowest BCUT2D eigenvalue weighted by Crippen LogP contribution is -2.11. The van der Waals surface area contributed by atoms with Gasteiger partial charge in [-0.25, -0.2) is 0 Å². The molecule has 4 aromatic rings. The summed E-state index contributed by atoms with van der Waals surface area (Å²) in [5, 5.41) is 20.0. The number of rotatable bonds is 5. The second kappa shape index (κ2) is 7.52. The standard InChI is InChI=1S/C22H19N5O2/c1-3-27-19-11-17(29-2)9-8-16(19)10-20(27)18-12-21(26-25-18)24-22(28)15-6-4-14(13-23)5-7-15/h4-12H,3H2,1-2H3,(H2,24,25,26,28). The van der Waals surface area contributed by atoms with Gasteiger partial charge in [-0.3, -0.25) is 9.89 Å². The minimum absolute atomic E-state index is 0.284. The predicted molar refractivity (Wildman–Crippen MR) is 111 cm³/mol. The Morgan fingerprint density at radius 3 is 2.69 bits per heavy atom. The van der Waals surface area contributed by atoms with Gasteiger partial charge in [0.15, 0.2) is 5.82 Å². The number of aryl methyl sites for hydroxylation is 1. The monoisotopic (exact) mass is 385 g/mol. The third-order valence-corrected chi connectivity index (χ3v) is 4.80. The Hall–Kier alpha value is -4.05. The quantitative estimate of drug-likeness (QED) is 0.539. The van der Waals surface area contributed by atoms with E-state index in [9.17, 15) is 4.79 Å². The van der Waals surface area contributed by atoms with Crippen LogP contribution in [0.1, 0.15) is 22.8 Å². The Bertz CT molecular complexity index is 1230. The van der Waals surface area contributed by atoms with Gasteiger partial charge in [0, 0.05) is 29.6 Å². The maximum Gasteiger partial charge on any atom is 0.256 e. The summed E-state index contributed by atoms with van der Waals surface area (Å²) in [5.41, 5.74) is 3.81. The molecule has 7 nitrogen and oxygen atoms in total. The first kappa shape index (κ1) is 18.3. The number of aromatic amines is 1. The lowest BCUT2D eigenvalue weighted by Gasteiger charge is -2.07. The minimum Gasteiger partial charge on any atom is -0.497 e. The van der Waals surface area contributed by atoms with E-state index >= 15 is 0 Å². The van der Waals surface area contributed by atoms with E-state index in [0.29, 0.717) is 16.9 Å². The summed E-state index contributed by atoms with van der Waals surface area (Å²) in [7, 11) is 1.65. The molecule has 2 aromatic carbocycles. The first-order valence-electron chi connectivity index (χ1n) is 9.17. The Labute approximate surface area is 167 Å². The fourth-order valence-electron chi connectivity index (χ4n) is 3.33. The highest BCUT2D eigenvalue weighted by Gasteiger charge is 2.14. The van der Waals surface area contributed by atoms with Crippen LogP contribution in [0, 0.1) is 11.3 Å². The highest BCUT2D eigenvalue weighted by atomic mass is 16.5. The van der Waals surface area contributed by atoms with Gasteiger partial charge < -0.3 is 14.6 Å². The van der Waals surface area contributed by atoms with Crippen molar-refractivity contribution < 1.29 is 9.53 Å². The largest absolute Gasteiger partial charge is 0.497 e. The van der Waals surface area contributed by atoms with Crippen molar-refractivity contribution in [2.24, 2.45) is 0 Å². The van der Waals surface area contributed by atoms with Crippen molar-refractivity contribution >= 4 is 22.6 Å². The van der Waals surface area contributed by atoms with Gasteiger partial charge in [0.25, 0.3) is 5.91 Å². The number of anilines is 1. The van der Waals surface area contributed by atoms with Crippen LogP contribution in [0.4, 0.5) is 5.82 Å². The van der Waals surface area contributed by atoms with Crippen molar-refractivity contribution in [3.8, 4) is 23.2 Å². The number of ether oxygens (including phenoxy) is 1. The second-order valence-corrected chi connectivity index (χ2v) is 6.51. The molecule has 0 aliphatic carbocycles. The topological polar surface area (TPSA) is 95.7 Å². The summed E-state index contributed by atoms with van der Waals surface area (Å²) < 4.78 is 7.51. The number of nitriles is 1. The molecule has 7 heteroatoms. The Morgan fingerprint density at radius 1 is 1.21 bits per heavy atom. The van der Waals surface area contributed by atoms with Crippen LogP contribution in [0.15, 0.2) is 54.6 Å². The van der Waals surface area contributed by atoms with E-state index < -0.39 is 0 Å².